The van der Waals surface area contributed by atoms with E-state index in [1.54, 1.807) is 0 Å². The third-order valence-electron chi connectivity index (χ3n) is 3.17. The first-order chi connectivity index (χ1) is 10.5. The molecule has 0 saturated carbocycles. The lowest BCUT2D eigenvalue weighted by atomic mass is 9.95. The van der Waals surface area contributed by atoms with Gasteiger partial charge in [-0.3, -0.25) is 9.69 Å². The first-order valence-corrected chi connectivity index (χ1v) is 7.27. The molecule has 0 aromatic carbocycles. The Labute approximate surface area is 132 Å². The quantitative estimate of drug-likeness (QED) is 0.357. The van der Waals surface area contributed by atoms with Gasteiger partial charge in [-0.05, 0) is 19.3 Å². The smallest absolute Gasteiger partial charge is 0.321 e. The lowest BCUT2D eigenvalue weighted by Gasteiger charge is -2.22. The average Bonchev–Trinajstić information content (AvgIpc) is 2.48. The monoisotopic (exact) mass is 316 g/mol. The number of hydrogen-bond donors (Lipinski definition) is 1. The number of carbonyl (C=O) groups excluding carboxylic acids is 2. The summed E-state index contributed by atoms with van der Waals surface area (Å²) in [4.78, 5) is 24.9. The Morgan fingerprint density at radius 2 is 1.95 bits per heavy atom. The number of nitrogens with zero attached hydrogens (tertiary/aromatic N) is 1. The SMILES string of the molecule is C=C(C)C(CC)CC(=O)OCCN(COC)C(=O)NCOC. The molecule has 0 aliphatic heterocycles. The van der Waals surface area contributed by atoms with E-state index in [0.717, 1.165) is 12.0 Å². The van der Waals surface area contributed by atoms with Gasteiger partial charge in [-0.2, -0.15) is 0 Å². The normalized spacial score (nSPS) is 11.6. The summed E-state index contributed by atoms with van der Waals surface area (Å²) in [5.74, 6) is -0.155. The molecule has 0 saturated heterocycles. The van der Waals surface area contributed by atoms with Crippen molar-refractivity contribution in [1.82, 2.24) is 10.2 Å². The average molecular weight is 316 g/mol. The molecule has 128 valence electrons. The van der Waals surface area contributed by atoms with Gasteiger partial charge >= 0.3 is 12.0 Å². The van der Waals surface area contributed by atoms with Crippen molar-refractivity contribution in [2.45, 2.75) is 26.7 Å². The number of esters is 1. The number of carbonyl (C=O) groups is 2. The van der Waals surface area contributed by atoms with Crippen LogP contribution in [0.5, 0.6) is 0 Å². The van der Waals surface area contributed by atoms with E-state index >= 15 is 0 Å². The van der Waals surface area contributed by atoms with Gasteiger partial charge in [0.25, 0.3) is 0 Å². The lowest BCUT2D eigenvalue weighted by Crippen LogP contribution is -2.43. The van der Waals surface area contributed by atoms with Crippen molar-refractivity contribution < 1.29 is 23.8 Å². The van der Waals surface area contributed by atoms with E-state index in [9.17, 15) is 9.59 Å². The molecule has 1 atom stereocenters. The fourth-order valence-electron chi connectivity index (χ4n) is 1.82. The number of ether oxygens (including phenoxy) is 3. The molecule has 0 heterocycles. The Balaban J connectivity index is 4.18. The fraction of sp³-hybridized carbons (Fsp3) is 0.733. The van der Waals surface area contributed by atoms with Crippen LogP contribution in [0.25, 0.3) is 0 Å². The Morgan fingerprint density at radius 1 is 1.27 bits per heavy atom. The number of urea groups is 1. The first-order valence-electron chi connectivity index (χ1n) is 7.27. The Kier molecular flexibility index (Phi) is 11.1. The second kappa shape index (κ2) is 12.0. The summed E-state index contributed by atoms with van der Waals surface area (Å²) >= 11 is 0. The third-order valence-corrected chi connectivity index (χ3v) is 3.17. The highest BCUT2D eigenvalue weighted by Gasteiger charge is 2.16. The molecule has 0 aromatic heterocycles. The fourth-order valence-corrected chi connectivity index (χ4v) is 1.82. The van der Waals surface area contributed by atoms with Crippen molar-refractivity contribution in [3.8, 4) is 0 Å². The summed E-state index contributed by atoms with van der Waals surface area (Å²) in [5.41, 5.74) is 0.972. The highest BCUT2D eigenvalue weighted by Crippen LogP contribution is 2.17. The number of amides is 2. The summed E-state index contributed by atoms with van der Waals surface area (Å²) < 4.78 is 14.9. The molecule has 0 radical (unpaired) electrons. The lowest BCUT2D eigenvalue weighted by molar-refractivity contribution is -0.145. The van der Waals surface area contributed by atoms with E-state index in [4.69, 9.17) is 14.2 Å². The van der Waals surface area contributed by atoms with Crippen molar-refractivity contribution in [2.75, 3.05) is 40.8 Å². The van der Waals surface area contributed by atoms with E-state index in [2.05, 4.69) is 11.9 Å². The van der Waals surface area contributed by atoms with Crippen LogP contribution in [0.1, 0.15) is 26.7 Å². The minimum atomic E-state index is -0.340. The number of methoxy groups -OCH3 is 2. The molecule has 2 amide bonds. The summed E-state index contributed by atoms with van der Waals surface area (Å²) in [7, 11) is 2.97. The topological polar surface area (TPSA) is 77.1 Å². The summed E-state index contributed by atoms with van der Waals surface area (Å²) in [6.07, 6.45) is 1.16. The van der Waals surface area contributed by atoms with Crippen molar-refractivity contribution >= 4 is 12.0 Å². The molecule has 0 spiro atoms. The standard InChI is InChI=1S/C15H28N2O5/c1-6-13(12(2)3)9-14(18)22-8-7-17(11-21-5)15(19)16-10-20-4/h13H,2,6-11H2,1,3-5H3,(H,16,19). The second-order valence-corrected chi connectivity index (χ2v) is 4.97. The maximum Gasteiger partial charge on any atom is 0.321 e. The number of allylic oxidation sites excluding steroid dienone is 1. The zero-order chi connectivity index (χ0) is 17.0. The van der Waals surface area contributed by atoms with Crippen LogP contribution in [-0.2, 0) is 19.0 Å². The Hall–Kier alpha value is -1.60. The van der Waals surface area contributed by atoms with Gasteiger partial charge in [0.15, 0.2) is 0 Å². The molecule has 0 aliphatic rings. The molecule has 7 heteroatoms. The maximum atomic E-state index is 11.8. The molecule has 0 bridgehead atoms. The maximum absolute atomic E-state index is 11.8. The van der Waals surface area contributed by atoms with Gasteiger partial charge in [0.2, 0.25) is 0 Å². The van der Waals surface area contributed by atoms with Crippen LogP contribution in [0.3, 0.4) is 0 Å². The highest BCUT2D eigenvalue weighted by atomic mass is 16.5. The minimum Gasteiger partial charge on any atom is -0.464 e. The predicted octanol–water partition coefficient (Wildman–Crippen LogP) is 1.74. The minimum absolute atomic E-state index is 0.107. The molecule has 0 fully saturated rings. The zero-order valence-electron chi connectivity index (χ0n) is 14.0. The van der Waals surface area contributed by atoms with Crippen LogP contribution in [0, 0.1) is 5.92 Å². The highest BCUT2D eigenvalue weighted by molar-refractivity contribution is 5.74. The molecule has 7 nitrogen and oxygen atoms in total. The van der Waals surface area contributed by atoms with Gasteiger partial charge in [0.05, 0.1) is 13.0 Å². The van der Waals surface area contributed by atoms with Gasteiger partial charge in [0.1, 0.15) is 20.1 Å². The van der Waals surface area contributed by atoms with E-state index in [-0.39, 0.29) is 44.5 Å². The van der Waals surface area contributed by atoms with Crippen LogP contribution >= 0.6 is 0 Å². The first kappa shape index (κ1) is 20.4. The number of nitrogens with one attached hydrogen (secondary N) is 1. The van der Waals surface area contributed by atoms with Crippen LogP contribution in [0.4, 0.5) is 4.79 Å². The van der Waals surface area contributed by atoms with Crippen molar-refractivity contribution in [3.05, 3.63) is 12.2 Å². The van der Waals surface area contributed by atoms with Crippen molar-refractivity contribution in [1.29, 1.82) is 0 Å². The molecule has 0 rings (SSSR count). The van der Waals surface area contributed by atoms with E-state index in [0.29, 0.717) is 6.42 Å². The van der Waals surface area contributed by atoms with Gasteiger partial charge in [0, 0.05) is 14.2 Å². The summed E-state index contributed by atoms with van der Waals surface area (Å²) in [5, 5.41) is 2.54. The van der Waals surface area contributed by atoms with Crippen LogP contribution in [0.15, 0.2) is 12.2 Å². The summed E-state index contributed by atoms with van der Waals surface area (Å²) in [6.45, 7) is 8.36. The van der Waals surface area contributed by atoms with Gasteiger partial charge < -0.3 is 19.5 Å². The molecule has 0 aromatic rings. The summed E-state index contributed by atoms with van der Waals surface area (Å²) in [6, 6.07) is -0.340. The van der Waals surface area contributed by atoms with Gasteiger partial charge in [-0.25, -0.2) is 4.79 Å². The Bertz CT molecular complexity index is 360. The number of rotatable bonds is 11. The zero-order valence-corrected chi connectivity index (χ0v) is 14.0. The van der Waals surface area contributed by atoms with Crippen LogP contribution < -0.4 is 5.32 Å². The van der Waals surface area contributed by atoms with Crippen molar-refractivity contribution in [2.24, 2.45) is 5.92 Å². The van der Waals surface area contributed by atoms with E-state index in [1.165, 1.54) is 19.1 Å². The van der Waals surface area contributed by atoms with Crippen molar-refractivity contribution in [3.63, 3.8) is 0 Å². The van der Waals surface area contributed by atoms with E-state index < -0.39 is 0 Å². The van der Waals surface area contributed by atoms with Gasteiger partial charge in [-0.1, -0.05) is 19.1 Å². The molecular formula is C15H28N2O5. The molecule has 1 N–H and O–H groups in total. The molecule has 22 heavy (non-hydrogen) atoms. The third kappa shape index (κ3) is 8.63. The van der Waals surface area contributed by atoms with Gasteiger partial charge in [-0.15, -0.1) is 0 Å². The van der Waals surface area contributed by atoms with E-state index in [1.807, 2.05) is 13.8 Å². The number of hydrogen-bond acceptors (Lipinski definition) is 5. The Morgan fingerprint density at radius 3 is 2.45 bits per heavy atom. The molecule has 0 aliphatic carbocycles. The van der Waals surface area contributed by atoms with Crippen LogP contribution in [-0.4, -0.2) is 57.7 Å². The predicted molar refractivity (Wildman–Crippen MR) is 83.2 cm³/mol. The largest absolute Gasteiger partial charge is 0.464 e. The molecule has 1 unspecified atom stereocenters. The second-order valence-electron chi connectivity index (χ2n) is 4.97. The molecular weight excluding hydrogens is 288 g/mol. The van der Waals surface area contributed by atoms with Crippen LogP contribution in [0.2, 0.25) is 0 Å².